The minimum Gasteiger partial charge on any atom is -0.497 e. The molecule has 0 fully saturated rings. The standard InChI is InChI=1S/C23H24N4O5S/c1-31-20-10-11-21(32-2)22(13-20)33(29,30)27(16-18-7-4-3-5-8-18)17-23(28)26-25-15-19-9-6-12-24-14-19/h3-15H,16-17H2,1-2H3,(H,26,28)/b25-15+. The Morgan fingerprint density at radius 3 is 2.55 bits per heavy atom. The summed E-state index contributed by atoms with van der Waals surface area (Å²) in [5.74, 6) is -0.111. The number of amides is 1. The third-order valence-electron chi connectivity index (χ3n) is 4.60. The molecular formula is C23H24N4O5S. The lowest BCUT2D eigenvalue weighted by molar-refractivity contribution is -0.121. The van der Waals surface area contributed by atoms with Gasteiger partial charge in [0.1, 0.15) is 16.4 Å². The number of nitrogens with one attached hydrogen (secondary N) is 1. The van der Waals surface area contributed by atoms with E-state index in [0.29, 0.717) is 11.3 Å². The minimum atomic E-state index is -4.14. The number of sulfonamides is 1. The van der Waals surface area contributed by atoms with E-state index in [2.05, 4.69) is 15.5 Å². The van der Waals surface area contributed by atoms with Gasteiger partial charge >= 0.3 is 0 Å². The second-order valence-corrected chi connectivity index (χ2v) is 8.76. The Kier molecular flexibility index (Phi) is 8.11. The van der Waals surface area contributed by atoms with Gasteiger partial charge in [0.05, 0.1) is 27.0 Å². The Morgan fingerprint density at radius 2 is 1.88 bits per heavy atom. The average molecular weight is 469 g/mol. The monoisotopic (exact) mass is 468 g/mol. The highest BCUT2D eigenvalue weighted by Crippen LogP contribution is 2.31. The Balaban J connectivity index is 1.87. The van der Waals surface area contributed by atoms with E-state index in [-0.39, 0.29) is 17.2 Å². The van der Waals surface area contributed by atoms with E-state index in [0.717, 1.165) is 9.87 Å². The molecule has 3 rings (SSSR count). The first-order valence-electron chi connectivity index (χ1n) is 9.92. The number of ether oxygens (including phenoxy) is 2. The summed E-state index contributed by atoms with van der Waals surface area (Å²) in [6.45, 7) is -0.481. The van der Waals surface area contributed by atoms with Crippen molar-refractivity contribution >= 4 is 22.1 Å². The van der Waals surface area contributed by atoms with Crippen molar-refractivity contribution in [3.63, 3.8) is 0 Å². The first-order chi connectivity index (χ1) is 15.9. The topological polar surface area (TPSA) is 110 Å². The molecule has 0 aliphatic rings. The zero-order chi connectivity index (χ0) is 23.7. The number of benzene rings is 2. The molecule has 1 N–H and O–H groups in total. The van der Waals surface area contributed by atoms with Crippen molar-refractivity contribution in [1.82, 2.24) is 14.7 Å². The summed E-state index contributed by atoms with van der Waals surface area (Å²) in [6, 6.07) is 17.0. The van der Waals surface area contributed by atoms with Crippen molar-refractivity contribution in [3.8, 4) is 11.5 Å². The van der Waals surface area contributed by atoms with Crippen LogP contribution in [0.4, 0.5) is 0 Å². The van der Waals surface area contributed by atoms with E-state index in [1.807, 2.05) is 6.07 Å². The van der Waals surface area contributed by atoms with Crippen LogP contribution in [0.1, 0.15) is 11.1 Å². The predicted molar refractivity (Wildman–Crippen MR) is 124 cm³/mol. The molecule has 0 atom stereocenters. The fourth-order valence-corrected chi connectivity index (χ4v) is 4.52. The van der Waals surface area contributed by atoms with Gasteiger partial charge in [-0.3, -0.25) is 9.78 Å². The van der Waals surface area contributed by atoms with Gasteiger partial charge in [-0.1, -0.05) is 36.4 Å². The first-order valence-corrected chi connectivity index (χ1v) is 11.4. The van der Waals surface area contributed by atoms with Gasteiger partial charge in [-0.25, -0.2) is 13.8 Å². The summed E-state index contributed by atoms with van der Waals surface area (Å²) in [7, 11) is -1.33. The average Bonchev–Trinajstić information content (AvgIpc) is 2.84. The number of pyridine rings is 1. The maximum absolute atomic E-state index is 13.6. The Labute approximate surface area is 192 Å². The number of hydrogen-bond donors (Lipinski definition) is 1. The minimum absolute atomic E-state index is 0.0245. The van der Waals surface area contributed by atoms with Crippen LogP contribution in [0.15, 0.2) is 83.1 Å². The molecule has 0 saturated heterocycles. The molecule has 0 radical (unpaired) electrons. The van der Waals surface area contributed by atoms with Crippen molar-refractivity contribution in [2.45, 2.75) is 11.4 Å². The molecule has 0 aliphatic carbocycles. The Bertz CT molecular complexity index is 1200. The van der Waals surface area contributed by atoms with Crippen molar-refractivity contribution in [1.29, 1.82) is 0 Å². The van der Waals surface area contributed by atoms with Gasteiger partial charge in [0.2, 0.25) is 10.0 Å². The second-order valence-electron chi connectivity index (χ2n) is 6.86. The Hall–Kier alpha value is -3.76. The number of nitrogens with zero attached hydrogens (tertiary/aromatic N) is 3. The quantitative estimate of drug-likeness (QED) is 0.362. The molecule has 2 aromatic carbocycles. The molecule has 1 amide bonds. The fraction of sp³-hybridized carbons (Fsp3) is 0.174. The van der Waals surface area contributed by atoms with Gasteiger partial charge < -0.3 is 9.47 Å². The highest BCUT2D eigenvalue weighted by molar-refractivity contribution is 7.89. The van der Waals surface area contributed by atoms with E-state index < -0.39 is 22.5 Å². The second kappa shape index (κ2) is 11.2. The summed E-state index contributed by atoms with van der Waals surface area (Å²) < 4.78 is 38.7. The number of carbonyl (C=O) groups excluding carboxylic acids is 1. The number of carbonyl (C=O) groups is 1. The smallest absolute Gasteiger partial charge is 0.255 e. The summed E-state index contributed by atoms with van der Waals surface area (Å²) in [5.41, 5.74) is 3.77. The SMILES string of the molecule is COc1ccc(OC)c(S(=O)(=O)N(CC(=O)N/N=C/c2cccnc2)Cc2ccccc2)c1. The predicted octanol–water partition coefficient (Wildman–Crippen LogP) is 2.44. The van der Waals surface area contributed by atoms with Crippen molar-refractivity contribution in [2.24, 2.45) is 5.10 Å². The number of hydrogen-bond acceptors (Lipinski definition) is 7. The molecule has 1 aromatic heterocycles. The first kappa shape index (κ1) is 23.9. The van der Waals surface area contributed by atoms with Gasteiger partial charge in [-0.05, 0) is 23.8 Å². The highest BCUT2D eigenvalue weighted by Gasteiger charge is 2.30. The van der Waals surface area contributed by atoms with Gasteiger partial charge in [0.15, 0.2) is 0 Å². The fourth-order valence-electron chi connectivity index (χ4n) is 2.96. The van der Waals surface area contributed by atoms with Gasteiger partial charge in [-0.15, -0.1) is 0 Å². The van der Waals surface area contributed by atoms with Crippen LogP contribution in [0.3, 0.4) is 0 Å². The lowest BCUT2D eigenvalue weighted by Gasteiger charge is -2.23. The lowest BCUT2D eigenvalue weighted by atomic mass is 10.2. The molecular weight excluding hydrogens is 444 g/mol. The molecule has 33 heavy (non-hydrogen) atoms. The summed E-state index contributed by atoms with van der Waals surface area (Å²) in [4.78, 5) is 16.4. The molecule has 0 saturated carbocycles. The number of hydrazone groups is 1. The molecule has 172 valence electrons. The zero-order valence-electron chi connectivity index (χ0n) is 18.2. The molecule has 10 heteroatoms. The number of methoxy groups -OCH3 is 2. The molecule has 0 aliphatic heterocycles. The van der Waals surface area contributed by atoms with Crippen molar-refractivity contribution in [2.75, 3.05) is 20.8 Å². The molecule has 1 heterocycles. The van der Waals surface area contributed by atoms with Crippen LogP contribution in [0.5, 0.6) is 11.5 Å². The number of rotatable bonds is 10. The molecule has 0 spiro atoms. The summed E-state index contributed by atoms with van der Waals surface area (Å²) in [6.07, 6.45) is 4.62. The van der Waals surface area contributed by atoms with Crippen LogP contribution in [0.25, 0.3) is 0 Å². The van der Waals surface area contributed by atoms with E-state index >= 15 is 0 Å². The van der Waals surface area contributed by atoms with Crippen molar-refractivity contribution < 1.29 is 22.7 Å². The van der Waals surface area contributed by atoms with E-state index in [4.69, 9.17) is 9.47 Å². The molecule has 0 unspecified atom stereocenters. The van der Waals surface area contributed by atoms with Crippen molar-refractivity contribution in [3.05, 3.63) is 84.2 Å². The van der Waals surface area contributed by atoms with Crippen LogP contribution >= 0.6 is 0 Å². The van der Waals surface area contributed by atoms with E-state index in [1.54, 1.807) is 54.9 Å². The molecule has 0 bridgehead atoms. The van der Waals surface area contributed by atoms with E-state index in [9.17, 15) is 13.2 Å². The molecule has 9 nitrogen and oxygen atoms in total. The molecule has 3 aromatic rings. The van der Waals surface area contributed by atoms with Gasteiger partial charge in [-0.2, -0.15) is 9.41 Å². The van der Waals surface area contributed by atoms with Gasteiger partial charge in [0.25, 0.3) is 5.91 Å². The third kappa shape index (κ3) is 6.37. The highest BCUT2D eigenvalue weighted by atomic mass is 32.2. The van der Waals surface area contributed by atoms with Crippen LogP contribution in [-0.4, -0.2) is 50.6 Å². The number of aromatic nitrogens is 1. The Morgan fingerprint density at radius 1 is 1.09 bits per heavy atom. The van der Waals surface area contributed by atoms with Crippen LogP contribution < -0.4 is 14.9 Å². The van der Waals surface area contributed by atoms with Crippen LogP contribution in [-0.2, 0) is 21.4 Å². The summed E-state index contributed by atoms with van der Waals surface area (Å²) >= 11 is 0. The zero-order valence-corrected chi connectivity index (χ0v) is 19.0. The maximum atomic E-state index is 13.6. The summed E-state index contributed by atoms with van der Waals surface area (Å²) in [5, 5.41) is 3.89. The normalized spacial score (nSPS) is 11.5. The lowest BCUT2D eigenvalue weighted by Crippen LogP contribution is -2.39. The maximum Gasteiger partial charge on any atom is 0.255 e. The van der Waals surface area contributed by atoms with Crippen LogP contribution in [0, 0.1) is 0 Å². The van der Waals surface area contributed by atoms with E-state index in [1.165, 1.54) is 32.6 Å². The van der Waals surface area contributed by atoms with Gasteiger partial charge in [0, 0.05) is 30.6 Å². The third-order valence-corrected chi connectivity index (χ3v) is 6.41. The largest absolute Gasteiger partial charge is 0.497 e. The van der Waals surface area contributed by atoms with Crippen LogP contribution in [0.2, 0.25) is 0 Å².